The minimum absolute atomic E-state index is 0.150. The number of halogens is 1. The molecule has 24 heavy (non-hydrogen) atoms. The van der Waals surface area contributed by atoms with Crippen LogP contribution in [0.5, 0.6) is 0 Å². The lowest BCUT2D eigenvalue weighted by molar-refractivity contribution is 0.0702. The molecule has 2 rings (SSSR count). The first-order valence-corrected chi connectivity index (χ1v) is 7.52. The van der Waals surface area contributed by atoms with E-state index in [1.54, 1.807) is 23.1 Å². The van der Waals surface area contributed by atoms with Crippen molar-refractivity contribution in [1.29, 1.82) is 10.5 Å². The van der Waals surface area contributed by atoms with Gasteiger partial charge in [-0.05, 0) is 49.7 Å². The highest BCUT2D eigenvalue weighted by Gasteiger charge is 2.22. The molecule has 0 aliphatic rings. The number of carbonyl (C=O) groups is 1. The summed E-state index contributed by atoms with van der Waals surface area (Å²) in [6, 6.07) is 14.4. The van der Waals surface area contributed by atoms with Gasteiger partial charge in [-0.3, -0.25) is 4.79 Å². The number of nitrogens with zero attached hydrogens (tertiary/aromatic N) is 3. The van der Waals surface area contributed by atoms with Gasteiger partial charge in [0.15, 0.2) is 0 Å². The second-order valence-electron chi connectivity index (χ2n) is 5.31. The highest BCUT2D eigenvalue weighted by atomic mass is 19.1. The number of amides is 1. The predicted molar refractivity (Wildman–Crippen MR) is 87.4 cm³/mol. The molecular formula is C19H16FN3O. The van der Waals surface area contributed by atoms with Gasteiger partial charge in [0.1, 0.15) is 11.9 Å². The minimum atomic E-state index is -0.641. The van der Waals surface area contributed by atoms with Crippen molar-refractivity contribution in [3.05, 3.63) is 70.5 Å². The molecular weight excluding hydrogens is 305 g/mol. The monoisotopic (exact) mass is 321 g/mol. The van der Waals surface area contributed by atoms with Gasteiger partial charge in [0.2, 0.25) is 0 Å². The van der Waals surface area contributed by atoms with Crippen molar-refractivity contribution in [3.63, 3.8) is 0 Å². The van der Waals surface area contributed by atoms with Crippen molar-refractivity contribution < 1.29 is 9.18 Å². The van der Waals surface area contributed by atoms with Crippen LogP contribution in [0.15, 0.2) is 42.5 Å². The molecule has 0 saturated heterocycles. The molecule has 5 heteroatoms. The first kappa shape index (κ1) is 17.2. The zero-order valence-electron chi connectivity index (χ0n) is 13.5. The fourth-order valence-corrected chi connectivity index (χ4v) is 2.52. The fraction of sp³-hybridized carbons (Fsp3) is 0.211. The number of benzene rings is 2. The van der Waals surface area contributed by atoms with E-state index in [1.807, 2.05) is 26.0 Å². The Labute approximate surface area is 140 Å². The van der Waals surface area contributed by atoms with E-state index in [0.29, 0.717) is 12.1 Å². The summed E-state index contributed by atoms with van der Waals surface area (Å²) >= 11 is 0. The Morgan fingerprint density at radius 1 is 1.17 bits per heavy atom. The average molecular weight is 321 g/mol. The molecule has 0 unspecified atom stereocenters. The quantitative estimate of drug-likeness (QED) is 0.860. The summed E-state index contributed by atoms with van der Waals surface area (Å²) in [5.41, 5.74) is 1.57. The van der Waals surface area contributed by atoms with Crippen LogP contribution in [-0.4, -0.2) is 17.4 Å². The molecule has 0 saturated carbocycles. The molecule has 0 radical (unpaired) electrons. The zero-order valence-corrected chi connectivity index (χ0v) is 13.5. The Hall–Kier alpha value is -3.18. The van der Waals surface area contributed by atoms with E-state index in [-0.39, 0.29) is 23.1 Å². The van der Waals surface area contributed by atoms with Gasteiger partial charge in [0.25, 0.3) is 5.91 Å². The van der Waals surface area contributed by atoms with Gasteiger partial charge in [-0.15, -0.1) is 0 Å². The van der Waals surface area contributed by atoms with Crippen LogP contribution in [0.25, 0.3) is 0 Å². The smallest absolute Gasteiger partial charge is 0.254 e. The third-order valence-electron chi connectivity index (χ3n) is 3.93. The Bertz CT molecular complexity index is 831. The van der Waals surface area contributed by atoms with Crippen molar-refractivity contribution in [2.45, 2.75) is 19.9 Å². The molecule has 1 atom stereocenters. The summed E-state index contributed by atoms with van der Waals surface area (Å²) in [4.78, 5) is 14.4. The Balaban J connectivity index is 2.31. The fourth-order valence-electron chi connectivity index (χ4n) is 2.52. The van der Waals surface area contributed by atoms with Gasteiger partial charge < -0.3 is 4.90 Å². The minimum Gasteiger partial charge on any atom is -0.332 e. The molecule has 1 amide bonds. The van der Waals surface area contributed by atoms with E-state index < -0.39 is 5.82 Å². The van der Waals surface area contributed by atoms with Crippen molar-refractivity contribution in [3.8, 4) is 12.1 Å². The van der Waals surface area contributed by atoms with Crippen molar-refractivity contribution >= 4 is 5.91 Å². The van der Waals surface area contributed by atoms with E-state index in [4.69, 9.17) is 10.5 Å². The van der Waals surface area contributed by atoms with Gasteiger partial charge >= 0.3 is 0 Å². The maximum Gasteiger partial charge on any atom is 0.254 e. The Morgan fingerprint density at radius 2 is 1.83 bits per heavy atom. The predicted octanol–water partition coefficient (Wildman–Crippen LogP) is 3.79. The van der Waals surface area contributed by atoms with Crippen LogP contribution in [0, 0.1) is 28.5 Å². The Morgan fingerprint density at radius 3 is 2.38 bits per heavy atom. The third-order valence-corrected chi connectivity index (χ3v) is 3.93. The summed E-state index contributed by atoms with van der Waals surface area (Å²) < 4.78 is 13.4. The summed E-state index contributed by atoms with van der Waals surface area (Å²) in [5, 5.41) is 17.8. The number of hydrogen-bond donors (Lipinski definition) is 0. The van der Waals surface area contributed by atoms with E-state index in [1.165, 1.54) is 12.1 Å². The van der Waals surface area contributed by atoms with Crippen LogP contribution in [0.2, 0.25) is 0 Å². The van der Waals surface area contributed by atoms with Crippen molar-refractivity contribution in [2.24, 2.45) is 0 Å². The maximum absolute atomic E-state index is 13.4. The molecule has 0 fully saturated rings. The first-order valence-electron chi connectivity index (χ1n) is 7.52. The molecule has 4 nitrogen and oxygen atoms in total. The third kappa shape index (κ3) is 3.42. The van der Waals surface area contributed by atoms with E-state index in [0.717, 1.165) is 11.6 Å². The zero-order chi connectivity index (χ0) is 17.7. The average Bonchev–Trinajstić information content (AvgIpc) is 2.62. The second kappa shape index (κ2) is 7.39. The largest absolute Gasteiger partial charge is 0.332 e. The van der Waals surface area contributed by atoms with Gasteiger partial charge in [0, 0.05) is 12.1 Å². The van der Waals surface area contributed by atoms with E-state index >= 15 is 0 Å². The number of hydrogen-bond acceptors (Lipinski definition) is 3. The number of carbonyl (C=O) groups excluding carboxylic acids is 1. The van der Waals surface area contributed by atoms with Gasteiger partial charge in [-0.2, -0.15) is 10.5 Å². The molecule has 0 N–H and O–H groups in total. The van der Waals surface area contributed by atoms with E-state index in [2.05, 4.69) is 6.07 Å². The lowest BCUT2D eigenvalue weighted by atomic mass is 10.0. The molecule has 120 valence electrons. The molecule has 0 aromatic heterocycles. The molecule has 2 aromatic rings. The summed E-state index contributed by atoms with van der Waals surface area (Å²) in [5.74, 6) is -0.914. The lowest BCUT2D eigenvalue weighted by Gasteiger charge is -2.28. The highest BCUT2D eigenvalue weighted by Crippen LogP contribution is 2.23. The maximum atomic E-state index is 13.4. The highest BCUT2D eigenvalue weighted by molar-refractivity contribution is 5.94. The van der Waals surface area contributed by atoms with Crippen LogP contribution in [-0.2, 0) is 0 Å². The van der Waals surface area contributed by atoms with Gasteiger partial charge in [-0.25, -0.2) is 4.39 Å². The standard InChI is InChI=1S/C19H16FN3O/c1-3-23(13(2)15-6-4-14(11-21)5-7-15)19(24)16-8-9-18(20)17(10-16)12-22/h4-10,13H,3H2,1-2H3/t13-/m0/s1. The van der Waals surface area contributed by atoms with Gasteiger partial charge in [0.05, 0.1) is 23.2 Å². The van der Waals surface area contributed by atoms with Crippen LogP contribution in [0.3, 0.4) is 0 Å². The number of rotatable bonds is 4. The topological polar surface area (TPSA) is 67.9 Å². The molecule has 0 heterocycles. The van der Waals surface area contributed by atoms with Crippen molar-refractivity contribution in [2.75, 3.05) is 6.54 Å². The SMILES string of the molecule is CCN(C(=O)c1ccc(F)c(C#N)c1)[C@@H](C)c1ccc(C#N)cc1. The summed E-state index contributed by atoms with van der Waals surface area (Å²) in [7, 11) is 0. The van der Waals surface area contributed by atoms with Crippen LogP contribution < -0.4 is 0 Å². The van der Waals surface area contributed by atoms with E-state index in [9.17, 15) is 9.18 Å². The summed E-state index contributed by atoms with van der Waals surface area (Å²) in [6.45, 7) is 4.20. The molecule has 0 spiro atoms. The second-order valence-corrected chi connectivity index (χ2v) is 5.31. The number of nitriles is 2. The summed E-state index contributed by atoms with van der Waals surface area (Å²) in [6.07, 6.45) is 0. The van der Waals surface area contributed by atoms with Crippen LogP contribution in [0.1, 0.15) is 46.9 Å². The van der Waals surface area contributed by atoms with Crippen LogP contribution in [0.4, 0.5) is 4.39 Å². The molecule has 0 aliphatic heterocycles. The van der Waals surface area contributed by atoms with Gasteiger partial charge in [-0.1, -0.05) is 12.1 Å². The molecule has 0 bridgehead atoms. The molecule has 2 aromatic carbocycles. The Kier molecular flexibility index (Phi) is 5.29. The normalized spacial score (nSPS) is 11.2. The molecule has 0 aliphatic carbocycles. The first-order chi connectivity index (χ1) is 11.5. The lowest BCUT2D eigenvalue weighted by Crippen LogP contribution is -2.33. The van der Waals surface area contributed by atoms with Crippen LogP contribution >= 0.6 is 0 Å². The van der Waals surface area contributed by atoms with Crippen molar-refractivity contribution in [1.82, 2.24) is 4.90 Å².